The average molecular weight is 320 g/mol. The Hall–Kier alpha value is -1.31. The fourth-order valence-corrected chi connectivity index (χ4v) is 4.09. The number of rotatable bonds is 4. The first-order chi connectivity index (χ1) is 9.36. The highest BCUT2D eigenvalue weighted by Gasteiger charge is 2.36. The zero-order chi connectivity index (χ0) is 14.9. The van der Waals surface area contributed by atoms with Crippen molar-refractivity contribution in [2.75, 3.05) is 20.2 Å². The van der Waals surface area contributed by atoms with Gasteiger partial charge >= 0.3 is 5.97 Å². The van der Waals surface area contributed by atoms with Crippen LogP contribution in [0, 0.1) is 5.92 Å². The Kier molecular flexibility index (Phi) is 4.22. The minimum Gasteiger partial charge on any atom is -0.497 e. The number of methoxy groups -OCH3 is 1. The Bertz CT molecular complexity index is 631. The maximum absolute atomic E-state index is 12.5. The van der Waals surface area contributed by atoms with E-state index in [1.54, 1.807) is 6.07 Å². The number of ether oxygens (including phenoxy) is 1. The Morgan fingerprint density at radius 3 is 2.75 bits per heavy atom. The molecule has 0 aromatic heterocycles. The van der Waals surface area contributed by atoms with Crippen LogP contribution in [0.15, 0.2) is 23.1 Å². The summed E-state index contributed by atoms with van der Waals surface area (Å²) in [6.07, 6.45) is 0.302. The molecule has 0 radical (unpaired) electrons. The van der Waals surface area contributed by atoms with Crippen LogP contribution in [0.1, 0.15) is 6.42 Å². The third kappa shape index (κ3) is 2.74. The molecular formula is C12H14ClNO5S. The third-order valence-corrected chi connectivity index (χ3v) is 5.60. The fraction of sp³-hybridized carbons (Fsp3) is 0.417. The Morgan fingerprint density at radius 2 is 2.20 bits per heavy atom. The van der Waals surface area contributed by atoms with Crippen LogP contribution >= 0.6 is 11.6 Å². The Balaban J connectivity index is 2.34. The lowest BCUT2D eigenvalue weighted by Crippen LogP contribution is -2.30. The minimum absolute atomic E-state index is 0.0365. The number of nitrogens with zero attached hydrogens (tertiary/aromatic N) is 1. The van der Waals surface area contributed by atoms with E-state index >= 15 is 0 Å². The molecule has 1 atom stereocenters. The predicted molar refractivity (Wildman–Crippen MR) is 72.5 cm³/mol. The Labute approximate surface area is 122 Å². The average Bonchev–Trinajstić information content (AvgIpc) is 2.89. The quantitative estimate of drug-likeness (QED) is 0.908. The first-order valence-electron chi connectivity index (χ1n) is 5.92. The summed E-state index contributed by atoms with van der Waals surface area (Å²) < 4.78 is 31.1. The molecule has 1 aromatic carbocycles. The summed E-state index contributed by atoms with van der Waals surface area (Å²) in [5, 5.41) is 9.02. The summed E-state index contributed by atoms with van der Waals surface area (Å²) in [6.45, 7) is 0.137. The van der Waals surface area contributed by atoms with Gasteiger partial charge in [-0.2, -0.15) is 4.31 Å². The lowest BCUT2D eigenvalue weighted by Gasteiger charge is -2.17. The SMILES string of the molecule is COc1ccc(Cl)c(S(=O)(=O)N2CCC(C(=O)O)C2)c1. The number of hydrogen-bond donors (Lipinski definition) is 1. The van der Waals surface area contributed by atoms with Gasteiger partial charge in [0.15, 0.2) is 0 Å². The van der Waals surface area contributed by atoms with Gasteiger partial charge in [0.25, 0.3) is 0 Å². The number of benzene rings is 1. The summed E-state index contributed by atoms with van der Waals surface area (Å²) in [7, 11) is -2.38. The molecule has 1 N–H and O–H groups in total. The second kappa shape index (κ2) is 5.59. The molecule has 1 aliphatic rings. The molecule has 110 valence electrons. The summed E-state index contributed by atoms with van der Waals surface area (Å²) in [5.74, 6) is -1.28. The van der Waals surface area contributed by atoms with Gasteiger partial charge in [-0.15, -0.1) is 0 Å². The van der Waals surface area contributed by atoms with Gasteiger partial charge in [-0.05, 0) is 18.6 Å². The maximum Gasteiger partial charge on any atom is 0.307 e. The first kappa shape index (κ1) is 15.1. The smallest absolute Gasteiger partial charge is 0.307 e. The number of hydrogen-bond acceptors (Lipinski definition) is 4. The maximum atomic E-state index is 12.5. The van der Waals surface area contributed by atoms with Crippen molar-refractivity contribution < 1.29 is 23.1 Å². The van der Waals surface area contributed by atoms with Gasteiger partial charge in [0.1, 0.15) is 10.6 Å². The molecule has 1 heterocycles. The first-order valence-corrected chi connectivity index (χ1v) is 7.74. The van der Waals surface area contributed by atoms with Crippen molar-refractivity contribution in [3.05, 3.63) is 23.2 Å². The molecule has 1 fully saturated rings. The molecule has 8 heteroatoms. The fourth-order valence-electron chi connectivity index (χ4n) is 2.10. The van der Waals surface area contributed by atoms with Crippen molar-refractivity contribution in [2.24, 2.45) is 5.92 Å². The molecule has 1 unspecified atom stereocenters. The van der Waals surface area contributed by atoms with Gasteiger partial charge in [0.2, 0.25) is 10.0 Å². The molecule has 1 saturated heterocycles. The van der Waals surface area contributed by atoms with Crippen LogP contribution in [0.3, 0.4) is 0 Å². The molecule has 6 nitrogen and oxygen atoms in total. The molecular weight excluding hydrogens is 306 g/mol. The normalized spacial score (nSPS) is 20.0. The van der Waals surface area contributed by atoms with Crippen LogP contribution in [0.25, 0.3) is 0 Å². The van der Waals surface area contributed by atoms with E-state index in [4.69, 9.17) is 21.4 Å². The minimum atomic E-state index is -3.81. The third-order valence-electron chi connectivity index (χ3n) is 3.26. The van der Waals surface area contributed by atoms with Gasteiger partial charge in [0, 0.05) is 19.2 Å². The summed E-state index contributed by atoms with van der Waals surface area (Å²) in [4.78, 5) is 10.8. The van der Waals surface area contributed by atoms with Crippen molar-refractivity contribution in [3.8, 4) is 5.75 Å². The molecule has 0 spiro atoms. The van der Waals surface area contributed by atoms with Gasteiger partial charge in [-0.25, -0.2) is 8.42 Å². The molecule has 2 rings (SSSR count). The van der Waals surface area contributed by atoms with Crippen LogP contribution in [-0.2, 0) is 14.8 Å². The van der Waals surface area contributed by atoms with E-state index in [0.29, 0.717) is 12.2 Å². The highest BCUT2D eigenvalue weighted by atomic mass is 35.5. The van der Waals surface area contributed by atoms with Crippen LogP contribution in [0.2, 0.25) is 5.02 Å². The number of carboxylic acid groups (broad SMARTS) is 1. The Morgan fingerprint density at radius 1 is 1.50 bits per heavy atom. The molecule has 1 aromatic rings. The van der Waals surface area contributed by atoms with Crippen LogP contribution in [-0.4, -0.2) is 44.0 Å². The number of sulfonamides is 1. The zero-order valence-corrected chi connectivity index (χ0v) is 12.3. The molecule has 0 bridgehead atoms. The van der Waals surface area contributed by atoms with E-state index in [-0.39, 0.29) is 23.0 Å². The number of halogens is 1. The summed E-state index contributed by atoms with van der Waals surface area (Å²) in [6, 6.07) is 4.34. The number of aliphatic carboxylic acids is 1. The van der Waals surface area contributed by atoms with Crippen molar-refractivity contribution >= 4 is 27.6 Å². The molecule has 0 amide bonds. The predicted octanol–water partition coefficient (Wildman–Crippen LogP) is 1.44. The summed E-state index contributed by atoms with van der Waals surface area (Å²) >= 11 is 5.94. The van der Waals surface area contributed by atoms with Crippen molar-refractivity contribution in [1.29, 1.82) is 0 Å². The van der Waals surface area contributed by atoms with E-state index in [1.807, 2.05) is 0 Å². The van der Waals surface area contributed by atoms with Crippen LogP contribution in [0.4, 0.5) is 0 Å². The molecule has 0 aliphatic carbocycles. The molecule has 0 saturated carbocycles. The van der Waals surface area contributed by atoms with E-state index in [2.05, 4.69) is 0 Å². The lowest BCUT2D eigenvalue weighted by molar-refractivity contribution is -0.141. The lowest BCUT2D eigenvalue weighted by atomic mass is 10.1. The molecule has 1 aliphatic heterocycles. The monoisotopic (exact) mass is 319 g/mol. The summed E-state index contributed by atoms with van der Waals surface area (Å²) in [5.41, 5.74) is 0. The van der Waals surface area contributed by atoms with Crippen LogP contribution < -0.4 is 4.74 Å². The van der Waals surface area contributed by atoms with E-state index in [0.717, 1.165) is 4.31 Å². The highest BCUT2D eigenvalue weighted by Crippen LogP contribution is 2.31. The molecule has 20 heavy (non-hydrogen) atoms. The van der Waals surface area contributed by atoms with Gasteiger partial charge in [-0.3, -0.25) is 4.79 Å². The van der Waals surface area contributed by atoms with E-state index in [1.165, 1.54) is 19.2 Å². The van der Waals surface area contributed by atoms with Crippen molar-refractivity contribution in [1.82, 2.24) is 4.31 Å². The van der Waals surface area contributed by atoms with Crippen molar-refractivity contribution in [3.63, 3.8) is 0 Å². The zero-order valence-electron chi connectivity index (χ0n) is 10.7. The highest BCUT2D eigenvalue weighted by molar-refractivity contribution is 7.89. The number of carboxylic acids is 1. The topological polar surface area (TPSA) is 83.9 Å². The number of carbonyl (C=O) groups is 1. The van der Waals surface area contributed by atoms with Gasteiger partial charge in [-0.1, -0.05) is 11.6 Å². The van der Waals surface area contributed by atoms with E-state index < -0.39 is 21.9 Å². The van der Waals surface area contributed by atoms with Gasteiger partial charge < -0.3 is 9.84 Å². The second-order valence-corrected chi connectivity index (χ2v) is 6.80. The largest absolute Gasteiger partial charge is 0.497 e. The van der Waals surface area contributed by atoms with Crippen LogP contribution in [0.5, 0.6) is 5.75 Å². The second-order valence-electron chi connectivity index (χ2n) is 4.48. The van der Waals surface area contributed by atoms with E-state index in [9.17, 15) is 13.2 Å². The standard InChI is InChI=1S/C12H14ClNO5S/c1-19-9-2-3-10(13)11(6-9)20(17,18)14-5-4-8(7-14)12(15)16/h2-3,6,8H,4-5,7H2,1H3,(H,15,16). The van der Waals surface area contributed by atoms with Crippen molar-refractivity contribution in [2.45, 2.75) is 11.3 Å². The van der Waals surface area contributed by atoms with Gasteiger partial charge in [0.05, 0.1) is 18.1 Å².